The van der Waals surface area contributed by atoms with Gasteiger partial charge in [0.2, 0.25) is 0 Å². The number of hydrogen-bond acceptors (Lipinski definition) is 3. The van der Waals surface area contributed by atoms with Crippen molar-refractivity contribution in [1.29, 1.82) is 0 Å². The Bertz CT molecular complexity index is 568. The number of aromatic nitrogens is 2. The van der Waals surface area contributed by atoms with Gasteiger partial charge in [-0.1, -0.05) is 0 Å². The first kappa shape index (κ1) is 13.0. The number of carboxylic acid groups (broad SMARTS) is 1. The minimum Gasteiger partial charge on any atom is -0.481 e. The zero-order valence-corrected chi connectivity index (χ0v) is 11.5. The second-order valence-corrected chi connectivity index (χ2v) is 5.62. The van der Waals surface area contributed by atoms with Crippen LogP contribution < -0.4 is 5.32 Å². The molecular formula is C13H18N4O3. The Labute approximate surface area is 116 Å². The first-order valence-electron chi connectivity index (χ1n) is 6.79. The Kier molecular flexibility index (Phi) is 2.92. The summed E-state index contributed by atoms with van der Waals surface area (Å²) in [7, 11) is 1.79. The Morgan fingerprint density at radius 2 is 2.20 bits per heavy atom. The molecule has 0 radical (unpaired) electrons. The van der Waals surface area contributed by atoms with Crippen molar-refractivity contribution in [3.8, 4) is 0 Å². The van der Waals surface area contributed by atoms with Gasteiger partial charge in [0.25, 0.3) is 0 Å². The van der Waals surface area contributed by atoms with Crippen molar-refractivity contribution in [2.75, 3.05) is 5.32 Å². The van der Waals surface area contributed by atoms with E-state index in [2.05, 4.69) is 10.4 Å². The quantitative estimate of drug-likeness (QED) is 0.851. The van der Waals surface area contributed by atoms with E-state index in [1.807, 2.05) is 6.92 Å². The van der Waals surface area contributed by atoms with Gasteiger partial charge in [0.1, 0.15) is 0 Å². The molecule has 2 bridgehead atoms. The molecule has 2 aliphatic heterocycles. The first-order chi connectivity index (χ1) is 9.47. The number of urea groups is 1. The Morgan fingerprint density at radius 3 is 2.75 bits per heavy atom. The third-order valence-electron chi connectivity index (χ3n) is 4.34. The number of anilines is 1. The van der Waals surface area contributed by atoms with Crippen LogP contribution in [0.4, 0.5) is 10.5 Å². The number of rotatable bonds is 2. The van der Waals surface area contributed by atoms with E-state index in [0.29, 0.717) is 12.1 Å². The number of nitrogens with one attached hydrogen (secondary N) is 1. The van der Waals surface area contributed by atoms with Gasteiger partial charge in [-0.25, -0.2) is 4.79 Å². The molecule has 3 atom stereocenters. The van der Waals surface area contributed by atoms with Crippen LogP contribution in [0.25, 0.3) is 0 Å². The molecule has 20 heavy (non-hydrogen) atoms. The molecule has 1 aromatic heterocycles. The molecule has 108 valence electrons. The second kappa shape index (κ2) is 4.50. The molecule has 3 unspecified atom stereocenters. The fraction of sp³-hybridized carbons (Fsp3) is 0.615. The molecule has 0 spiro atoms. The van der Waals surface area contributed by atoms with E-state index in [0.717, 1.165) is 18.5 Å². The van der Waals surface area contributed by atoms with E-state index < -0.39 is 11.9 Å². The zero-order valence-electron chi connectivity index (χ0n) is 11.5. The third-order valence-corrected chi connectivity index (χ3v) is 4.34. The predicted molar refractivity (Wildman–Crippen MR) is 71.4 cm³/mol. The lowest BCUT2D eigenvalue weighted by molar-refractivity contribution is -0.142. The second-order valence-electron chi connectivity index (χ2n) is 5.62. The number of amides is 2. The van der Waals surface area contributed by atoms with Gasteiger partial charge in [-0.2, -0.15) is 5.10 Å². The van der Waals surface area contributed by atoms with E-state index in [9.17, 15) is 14.7 Å². The van der Waals surface area contributed by atoms with Crippen LogP contribution in [0.5, 0.6) is 0 Å². The number of nitrogens with zero attached hydrogens (tertiary/aromatic N) is 3. The Hall–Kier alpha value is -2.05. The minimum atomic E-state index is -0.799. The van der Waals surface area contributed by atoms with Crippen LogP contribution in [0.3, 0.4) is 0 Å². The molecule has 2 aliphatic rings. The smallest absolute Gasteiger partial charge is 0.322 e. The topological polar surface area (TPSA) is 87.5 Å². The maximum Gasteiger partial charge on any atom is 0.322 e. The number of hydrogen-bond donors (Lipinski definition) is 2. The Balaban J connectivity index is 1.75. The largest absolute Gasteiger partial charge is 0.481 e. The highest BCUT2D eigenvalue weighted by molar-refractivity contribution is 5.91. The molecule has 2 fully saturated rings. The molecule has 0 saturated carbocycles. The van der Waals surface area contributed by atoms with E-state index in [-0.39, 0.29) is 18.1 Å². The predicted octanol–water partition coefficient (Wildman–Crippen LogP) is 1.20. The number of carbonyl (C=O) groups excluding carboxylic acids is 1. The molecule has 2 amide bonds. The van der Waals surface area contributed by atoms with Crippen LogP contribution in [-0.4, -0.2) is 43.9 Å². The van der Waals surface area contributed by atoms with Crippen molar-refractivity contribution in [3.63, 3.8) is 0 Å². The first-order valence-corrected chi connectivity index (χ1v) is 6.79. The maximum atomic E-state index is 12.4. The number of aryl methyl sites for hydroxylation is 2. The summed E-state index contributed by atoms with van der Waals surface area (Å²) >= 11 is 0. The fourth-order valence-corrected chi connectivity index (χ4v) is 3.47. The summed E-state index contributed by atoms with van der Waals surface area (Å²) in [5.41, 5.74) is 1.43. The normalized spacial score (nSPS) is 27.9. The van der Waals surface area contributed by atoms with E-state index in [1.54, 1.807) is 22.8 Å². The molecule has 0 aromatic carbocycles. The van der Waals surface area contributed by atoms with E-state index >= 15 is 0 Å². The molecule has 0 aliphatic carbocycles. The van der Waals surface area contributed by atoms with Crippen LogP contribution in [0.1, 0.15) is 25.0 Å². The molecule has 3 rings (SSSR count). The highest BCUT2D eigenvalue weighted by Crippen LogP contribution is 2.42. The van der Waals surface area contributed by atoms with Crippen LogP contribution in [0.15, 0.2) is 6.20 Å². The van der Waals surface area contributed by atoms with Gasteiger partial charge in [-0.15, -0.1) is 0 Å². The summed E-state index contributed by atoms with van der Waals surface area (Å²) in [5.74, 6) is -1.22. The zero-order chi connectivity index (χ0) is 14.4. The monoisotopic (exact) mass is 278 g/mol. The van der Waals surface area contributed by atoms with Gasteiger partial charge in [0.05, 0.1) is 17.3 Å². The van der Waals surface area contributed by atoms with Crippen molar-refractivity contribution in [1.82, 2.24) is 14.7 Å². The summed E-state index contributed by atoms with van der Waals surface area (Å²) in [6, 6.07) is -0.329. The SMILES string of the molecule is Cc1nn(C)cc1NC(=O)N1C2CCC1C(C(=O)O)C2. The van der Waals surface area contributed by atoms with Gasteiger partial charge in [-0.3, -0.25) is 9.48 Å². The van der Waals surface area contributed by atoms with Gasteiger partial charge in [-0.05, 0) is 26.2 Å². The standard InChI is InChI=1S/C13H18N4O3/c1-7-10(6-16(2)15-7)14-13(20)17-8-3-4-11(17)9(5-8)12(18)19/h6,8-9,11H,3-5H2,1-2H3,(H,14,20)(H,18,19). The highest BCUT2D eigenvalue weighted by Gasteiger charge is 2.51. The summed E-state index contributed by atoms with van der Waals surface area (Å²) in [6.45, 7) is 1.83. The van der Waals surface area contributed by atoms with Crippen LogP contribution in [-0.2, 0) is 11.8 Å². The summed E-state index contributed by atoms with van der Waals surface area (Å²) in [5, 5.41) is 16.2. The van der Waals surface area contributed by atoms with Crippen LogP contribution in [0.2, 0.25) is 0 Å². The summed E-state index contributed by atoms with van der Waals surface area (Å²) < 4.78 is 1.64. The lowest BCUT2D eigenvalue weighted by Gasteiger charge is -2.23. The van der Waals surface area contributed by atoms with Crippen molar-refractivity contribution in [3.05, 3.63) is 11.9 Å². The maximum absolute atomic E-state index is 12.4. The van der Waals surface area contributed by atoms with Gasteiger partial charge in [0, 0.05) is 25.3 Å². The molecular weight excluding hydrogens is 260 g/mol. The lowest BCUT2D eigenvalue weighted by Crippen LogP contribution is -2.40. The van der Waals surface area contributed by atoms with E-state index in [1.165, 1.54) is 0 Å². The van der Waals surface area contributed by atoms with Crippen LogP contribution in [0, 0.1) is 12.8 Å². The minimum absolute atomic E-state index is 0.0538. The van der Waals surface area contributed by atoms with Crippen molar-refractivity contribution >= 4 is 17.7 Å². The fourth-order valence-electron chi connectivity index (χ4n) is 3.47. The lowest BCUT2D eigenvalue weighted by atomic mass is 9.89. The summed E-state index contributed by atoms with van der Waals surface area (Å²) in [6.07, 6.45) is 3.99. The van der Waals surface area contributed by atoms with Crippen LogP contribution >= 0.6 is 0 Å². The molecule has 7 heteroatoms. The summed E-state index contributed by atoms with van der Waals surface area (Å²) in [4.78, 5) is 25.3. The average molecular weight is 278 g/mol. The molecule has 2 saturated heterocycles. The molecule has 2 N–H and O–H groups in total. The van der Waals surface area contributed by atoms with E-state index in [4.69, 9.17) is 0 Å². The molecule has 1 aromatic rings. The Morgan fingerprint density at radius 1 is 1.45 bits per heavy atom. The third kappa shape index (κ3) is 1.93. The molecule has 3 heterocycles. The van der Waals surface area contributed by atoms with Gasteiger partial charge < -0.3 is 15.3 Å². The van der Waals surface area contributed by atoms with Crippen molar-refractivity contribution in [2.45, 2.75) is 38.3 Å². The van der Waals surface area contributed by atoms with Gasteiger partial charge in [0.15, 0.2) is 0 Å². The number of carbonyl (C=O) groups is 2. The number of carboxylic acids is 1. The van der Waals surface area contributed by atoms with Crippen molar-refractivity contribution < 1.29 is 14.7 Å². The molecule has 7 nitrogen and oxygen atoms in total. The van der Waals surface area contributed by atoms with Gasteiger partial charge >= 0.3 is 12.0 Å². The van der Waals surface area contributed by atoms with Crippen molar-refractivity contribution in [2.24, 2.45) is 13.0 Å². The number of fused-ring (bicyclic) bond motifs is 2. The number of aliphatic carboxylic acids is 1. The average Bonchev–Trinajstić information content (AvgIpc) is 3.02. The highest BCUT2D eigenvalue weighted by atomic mass is 16.4.